The van der Waals surface area contributed by atoms with Crippen LogP contribution >= 0.6 is 0 Å². The topological polar surface area (TPSA) is 129 Å². The Morgan fingerprint density at radius 3 is 2.84 bits per heavy atom. The Morgan fingerprint density at radius 1 is 1.25 bits per heavy atom. The Hall–Kier alpha value is -3.95. The van der Waals surface area contributed by atoms with E-state index in [9.17, 15) is 14.4 Å². The van der Waals surface area contributed by atoms with Gasteiger partial charge in [0.1, 0.15) is 11.9 Å². The van der Waals surface area contributed by atoms with Gasteiger partial charge in [-0.2, -0.15) is 0 Å². The van der Waals surface area contributed by atoms with Gasteiger partial charge in [0.15, 0.2) is 5.65 Å². The second kappa shape index (κ2) is 8.66. The molecule has 0 fully saturated rings. The SMILES string of the molecule is COC(=O)C[C@@H]1Nc2ccc(C(=O)NCc3nc4nc(C)ccc4[nH]3)cc2CN(C)C1=O. The molecule has 2 amide bonds. The maximum Gasteiger partial charge on any atom is 0.308 e. The van der Waals surface area contributed by atoms with Gasteiger partial charge >= 0.3 is 5.97 Å². The third-order valence-corrected chi connectivity index (χ3v) is 5.33. The molecule has 0 saturated heterocycles. The number of hydrogen-bond donors (Lipinski definition) is 3. The molecule has 0 saturated carbocycles. The fourth-order valence-electron chi connectivity index (χ4n) is 3.63. The number of aromatic amines is 1. The van der Waals surface area contributed by atoms with Crippen LogP contribution in [0.15, 0.2) is 30.3 Å². The van der Waals surface area contributed by atoms with Gasteiger partial charge in [-0.1, -0.05) is 0 Å². The van der Waals surface area contributed by atoms with E-state index in [1.807, 2.05) is 19.1 Å². The Bertz CT molecular complexity index is 1200. The van der Waals surface area contributed by atoms with Crippen LogP contribution < -0.4 is 10.6 Å². The average molecular weight is 436 g/mol. The Morgan fingerprint density at radius 2 is 2.06 bits per heavy atom. The second-order valence-corrected chi connectivity index (χ2v) is 7.73. The summed E-state index contributed by atoms with van der Waals surface area (Å²) in [5, 5.41) is 5.96. The van der Waals surface area contributed by atoms with E-state index in [2.05, 4.69) is 25.6 Å². The lowest BCUT2D eigenvalue weighted by molar-refractivity contribution is -0.143. The van der Waals surface area contributed by atoms with Gasteiger partial charge in [-0.3, -0.25) is 14.4 Å². The van der Waals surface area contributed by atoms with Crippen LogP contribution in [-0.4, -0.2) is 57.8 Å². The summed E-state index contributed by atoms with van der Waals surface area (Å²) >= 11 is 0. The summed E-state index contributed by atoms with van der Waals surface area (Å²) in [7, 11) is 2.95. The number of likely N-dealkylation sites (N-methyl/N-ethyl adjacent to an activating group) is 1. The quantitative estimate of drug-likeness (QED) is 0.517. The van der Waals surface area contributed by atoms with Gasteiger partial charge in [0.05, 0.1) is 25.6 Å². The molecule has 1 aliphatic heterocycles. The van der Waals surface area contributed by atoms with E-state index in [1.54, 1.807) is 25.2 Å². The zero-order chi connectivity index (χ0) is 22.8. The molecule has 3 N–H and O–H groups in total. The van der Waals surface area contributed by atoms with E-state index >= 15 is 0 Å². The number of pyridine rings is 1. The summed E-state index contributed by atoms with van der Waals surface area (Å²) in [5.74, 6) is -0.341. The monoisotopic (exact) mass is 436 g/mol. The number of methoxy groups -OCH3 is 1. The first-order valence-corrected chi connectivity index (χ1v) is 10.2. The normalized spacial score (nSPS) is 15.7. The van der Waals surface area contributed by atoms with Crippen molar-refractivity contribution in [2.45, 2.75) is 32.5 Å². The zero-order valence-electron chi connectivity index (χ0n) is 18.1. The number of rotatable bonds is 5. The number of imidazole rings is 1. The molecule has 0 aliphatic carbocycles. The number of nitrogens with one attached hydrogen (secondary N) is 3. The predicted octanol–water partition coefficient (Wildman–Crippen LogP) is 1.51. The molecular formula is C22H24N6O4. The molecule has 2 aromatic heterocycles. The van der Waals surface area contributed by atoms with Gasteiger partial charge in [0.25, 0.3) is 5.91 Å². The van der Waals surface area contributed by atoms with E-state index in [0.717, 1.165) is 16.8 Å². The summed E-state index contributed by atoms with van der Waals surface area (Å²) in [6.07, 6.45) is -0.0762. The molecule has 3 heterocycles. The van der Waals surface area contributed by atoms with Crippen LogP contribution in [0.3, 0.4) is 0 Å². The van der Waals surface area contributed by atoms with Crippen LogP contribution in [0, 0.1) is 6.92 Å². The van der Waals surface area contributed by atoms with Crippen molar-refractivity contribution < 1.29 is 19.1 Å². The molecule has 10 heteroatoms. The molecular weight excluding hydrogens is 412 g/mol. The van der Waals surface area contributed by atoms with E-state index in [1.165, 1.54) is 12.0 Å². The van der Waals surface area contributed by atoms with Crippen LogP contribution in [0.2, 0.25) is 0 Å². The van der Waals surface area contributed by atoms with Crippen molar-refractivity contribution in [3.63, 3.8) is 0 Å². The number of esters is 1. The molecule has 4 rings (SSSR count). The molecule has 0 spiro atoms. The lowest BCUT2D eigenvalue weighted by Crippen LogP contribution is -2.39. The highest BCUT2D eigenvalue weighted by Crippen LogP contribution is 2.25. The average Bonchev–Trinajstić information content (AvgIpc) is 3.14. The molecule has 0 unspecified atom stereocenters. The minimum Gasteiger partial charge on any atom is -0.469 e. The molecule has 32 heavy (non-hydrogen) atoms. The third kappa shape index (κ3) is 4.39. The molecule has 1 aromatic carbocycles. The maximum atomic E-state index is 12.7. The Labute approximate surface area is 184 Å². The number of amides is 2. The first-order valence-electron chi connectivity index (χ1n) is 10.2. The van der Waals surface area contributed by atoms with Gasteiger partial charge in [-0.15, -0.1) is 0 Å². The van der Waals surface area contributed by atoms with Crippen molar-refractivity contribution >= 4 is 34.6 Å². The largest absolute Gasteiger partial charge is 0.469 e. The molecule has 0 radical (unpaired) electrons. The van der Waals surface area contributed by atoms with E-state index in [-0.39, 0.29) is 24.8 Å². The number of nitrogens with zero attached hydrogens (tertiary/aromatic N) is 3. The van der Waals surface area contributed by atoms with Crippen LogP contribution in [0.4, 0.5) is 5.69 Å². The number of fused-ring (bicyclic) bond motifs is 2. The van der Waals surface area contributed by atoms with E-state index in [0.29, 0.717) is 29.3 Å². The molecule has 10 nitrogen and oxygen atoms in total. The number of hydrogen-bond acceptors (Lipinski definition) is 7. The summed E-state index contributed by atoms with van der Waals surface area (Å²) in [6.45, 7) is 2.43. The summed E-state index contributed by atoms with van der Waals surface area (Å²) in [4.78, 5) is 50.4. The predicted molar refractivity (Wildman–Crippen MR) is 117 cm³/mol. The van der Waals surface area contributed by atoms with Crippen molar-refractivity contribution in [1.82, 2.24) is 25.2 Å². The molecule has 1 atom stereocenters. The molecule has 1 aliphatic rings. The van der Waals surface area contributed by atoms with Crippen molar-refractivity contribution in [2.75, 3.05) is 19.5 Å². The number of carbonyl (C=O) groups excluding carboxylic acids is 3. The Balaban J connectivity index is 1.48. The van der Waals surface area contributed by atoms with Gasteiger partial charge in [0.2, 0.25) is 5.91 Å². The van der Waals surface area contributed by atoms with Crippen molar-refractivity contribution in [2.24, 2.45) is 0 Å². The molecule has 166 valence electrons. The lowest BCUT2D eigenvalue weighted by atomic mass is 10.1. The smallest absolute Gasteiger partial charge is 0.308 e. The van der Waals surface area contributed by atoms with E-state index < -0.39 is 12.0 Å². The van der Waals surface area contributed by atoms with Crippen molar-refractivity contribution in [3.05, 3.63) is 53.0 Å². The minimum absolute atomic E-state index is 0.0762. The maximum absolute atomic E-state index is 12.7. The summed E-state index contributed by atoms with van der Waals surface area (Å²) < 4.78 is 4.69. The van der Waals surface area contributed by atoms with Gasteiger partial charge in [-0.25, -0.2) is 9.97 Å². The van der Waals surface area contributed by atoms with Gasteiger partial charge < -0.3 is 25.3 Å². The second-order valence-electron chi connectivity index (χ2n) is 7.73. The first kappa shape index (κ1) is 21.3. The highest BCUT2D eigenvalue weighted by molar-refractivity contribution is 5.95. The van der Waals surface area contributed by atoms with Crippen LogP contribution in [-0.2, 0) is 27.4 Å². The van der Waals surface area contributed by atoms with Crippen molar-refractivity contribution in [1.29, 1.82) is 0 Å². The van der Waals surface area contributed by atoms with Gasteiger partial charge in [0, 0.05) is 30.5 Å². The number of aromatic nitrogens is 3. The van der Waals surface area contributed by atoms with Crippen molar-refractivity contribution in [3.8, 4) is 0 Å². The zero-order valence-corrected chi connectivity index (χ0v) is 18.1. The fourth-order valence-corrected chi connectivity index (χ4v) is 3.63. The highest BCUT2D eigenvalue weighted by Gasteiger charge is 2.29. The summed E-state index contributed by atoms with van der Waals surface area (Å²) in [5.41, 5.74) is 4.24. The Kier molecular flexibility index (Phi) is 5.76. The van der Waals surface area contributed by atoms with Crippen LogP contribution in [0.5, 0.6) is 0 Å². The number of benzene rings is 1. The summed E-state index contributed by atoms with van der Waals surface area (Å²) in [6, 6.07) is 8.24. The lowest BCUT2D eigenvalue weighted by Gasteiger charge is -2.19. The molecule has 3 aromatic rings. The number of anilines is 1. The third-order valence-electron chi connectivity index (χ3n) is 5.33. The first-order chi connectivity index (χ1) is 15.3. The number of H-pyrrole nitrogens is 1. The number of aryl methyl sites for hydroxylation is 1. The number of ether oxygens (including phenoxy) is 1. The van der Waals surface area contributed by atoms with E-state index in [4.69, 9.17) is 4.74 Å². The fraction of sp³-hybridized carbons (Fsp3) is 0.318. The molecule has 0 bridgehead atoms. The van der Waals surface area contributed by atoms with Crippen LogP contribution in [0.25, 0.3) is 11.2 Å². The van der Waals surface area contributed by atoms with Crippen LogP contribution in [0.1, 0.15) is 33.9 Å². The standard InChI is InChI=1S/C22H24N6O4/c1-12-4-6-16-20(24-12)27-18(26-16)10-23-21(30)13-5-7-15-14(8-13)11-28(2)22(31)17(25-15)9-19(29)32-3/h4-8,17,25H,9-11H2,1-3H3,(H,23,30)(H,24,26,27)/t17-/m0/s1. The highest BCUT2D eigenvalue weighted by atomic mass is 16.5. The minimum atomic E-state index is -0.723. The van der Waals surface area contributed by atoms with Gasteiger partial charge in [-0.05, 0) is 42.8 Å². The number of carbonyl (C=O) groups is 3.